The Balaban J connectivity index is 2.58. The Morgan fingerprint density at radius 1 is 1.54 bits per heavy atom. The van der Waals surface area contributed by atoms with Crippen LogP contribution >= 0.6 is 11.8 Å². The minimum Gasteiger partial charge on any atom is -0.330 e. The molecule has 1 unspecified atom stereocenters. The smallest absolute Gasteiger partial charge is 0.191 e. The zero-order valence-corrected chi connectivity index (χ0v) is 9.14. The van der Waals surface area contributed by atoms with Gasteiger partial charge in [0.25, 0.3) is 0 Å². The van der Waals surface area contributed by atoms with E-state index in [0.29, 0.717) is 5.25 Å². The molecule has 1 aromatic rings. The summed E-state index contributed by atoms with van der Waals surface area (Å²) in [5.74, 6) is 0.947. The van der Waals surface area contributed by atoms with E-state index in [0.717, 1.165) is 23.9 Å². The average Bonchev–Trinajstić information content (AvgIpc) is 2.37. The number of aromatic nitrogens is 3. The molecule has 1 atom stereocenters. The van der Waals surface area contributed by atoms with Gasteiger partial charge in [0.1, 0.15) is 5.82 Å². The lowest BCUT2D eigenvalue weighted by atomic mass is 10.3. The van der Waals surface area contributed by atoms with Crippen molar-refractivity contribution in [2.45, 2.75) is 30.7 Å². The van der Waals surface area contributed by atoms with Gasteiger partial charge in [-0.25, -0.2) is 0 Å². The minimum atomic E-state index is 0.507. The Bertz CT molecular complexity index is 271. The Hall–Kier alpha value is -0.550. The standard InChI is InChI=1S/C8H16N4S/c1-6(4-5-9)13-8-11-10-7(2)12(8)3/h6H,4-5,9H2,1-3H3. The number of hydrogen-bond acceptors (Lipinski definition) is 4. The lowest BCUT2D eigenvalue weighted by molar-refractivity contribution is 0.753. The van der Waals surface area contributed by atoms with Crippen molar-refractivity contribution in [3.05, 3.63) is 5.82 Å². The Morgan fingerprint density at radius 3 is 2.69 bits per heavy atom. The predicted molar refractivity (Wildman–Crippen MR) is 54.7 cm³/mol. The summed E-state index contributed by atoms with van der Waals surface area (Å²) in [6.45, 7) is 4.83. The van der Waals surface area contributed by atoms with Crippen LogP contribution in [0.1, 0.15) is 19.2 Å². The van der Waals surface area contributed by atoms with E-state index in [9.17, 15) is 0 Å². The molecule has 0 bridgehead atoms. The van der Waals surface area contributed by atoms with E-state index in [4.69, 9.17) is 5.73 Å². The van der Waals surface area contributed by atoms with Crippen molar-refractivity contribution < 1.29 is 0 Å². The molecule has 0 aliphatic carbocycles. The molecule has 0 saturated heterocycles. The molecule has 4 nitrogen and oxygen atoms in total. The second-order valence-corrected chi connectivity index (χ2v) is 4.50. The number of nitrogens with two attached hydrogens (primary N) is 1. The quantitative estimate of drug-likeness (QED) is 0.735. The van der Waals surface area contributed by atoms with Crippen molar-refractivity contribution >= 4 is 11.8 Å². The van der Waals surface area contributed by atoms with E-state index in [-0.39, 0.29) is 0 Å². The van der Waals surface area contributed by atoms with Crippen LogP contribution in [0, 0.1) is 6.92 Å². The maximum atomic E-state index is 5.47. The van der Waals surface area contributed by atoms with E-state index in [1.807, 2.05) is 18.5 Å². The fraction of sp³-hybridized carbons (Fsp3) is 0.750. The minimum absolute atomic E-state index is 0.507. The number of rotatable bonds is 4. The summed E-state index contributed by atoms with van der Waals surface area (Å²) in [4.78, 5) is 0. The molecule has 13 heavy (non-hydrogen) atoms. The molecule has 0 amide bonds. The van der Waals surface area contributed by atoms with E-state index in [1.54, 1.807) is 11.8 Å². The van der Waals surface area contributed by atoms with Crippen molar-refractivity contribution in [1.82, 2.24) is 14.8 Å². The molecule has 0 aromatic carbocycles. The number of hydrogen-bond donors (Lipinski definition) is 1. The van der Waals surface area contributed by atoms with Gasteiger partial charge in [-0.15, -0.1) is 10.2 Å². The third-order valence-corrected chi connectivity index (χ3v) is 3.14. The molecule has 0 fully saturated rings. The Morgan fingerprint density at radius 2 is 2.23 bits per heavy atom. The van der Waals surface area contributed by atoms with Crippen LogP contribution in [0.25, 0.3) is 0 Å². The lowest BCUT2D eigenvalue weighted by Crippen LogP contribution is -2.08. The molecule has 1 aromatic heterocycles. The third-order valence-electron chi connectivity index (χ3n) is 1.93. The topological polar surface area (TPSA) is 56.7 Å². The molecule has 0 saturated carbocycles. The van der Waals surface area contributed by atoms with Crippen LogP contribution in [-0.4, -0.2) is 26.6 Å². The maximum Gasteiger partial charge on any atom is 0.191 e. The van der Waals surface area contributed by atoms with Crippen molar-refractivity contribution in [2.75, 3.05) is 6.54 Å². The molecule has 0 aliphatic rings. The van der Waals surface area contributed by atoms with Crippen molar-refractivity contribution in [1.29, 1.82) is 0 Å². The average molecular weight is 200 g/mol. The zero-order chi connectivity index (χ0) is 9.84. The van der Waals surface area contributed by atoms with Crippen LogP contribution in [0.2, 0.25) is 0 Å². The molecule has 5 heteroatoms. The van der Waals surface area contributed by atoms with Crippen LogP contribution in [-0.2, 0) is 7.05 Å². The van der Waals surface area contributed by atoms with Crippen molar-refractivity contribution in [3.63, 3.8) is 0 Å². The molecular weight excluding hydrogens is 184 g/mol. The second kappa shape index (κ2) is 4.62. The number of aryl methyl sites for hydroxylation is 1. The summed E-state index contributed by atoms with van der Waals surface area (Å²) < 4.78 is 2.00. The van der Waals surface area contributed by atoms with E-state index >= 15 is 0 Å². The number of nitrogens with zero attached hydrogens (tertiary/aromatic N) is 3. The highest BCUT2D eigenvalue weighted by Gasteiger charge is 2.09. The normalized spacial score (nSPS) is 13.2. The first kappa shape index (κ1) is 10.5. The largest absolute Gasteiger partial charge is 0.330 e. The molecule has 0 aliphatic heterocycles. The van der Waals surface area contributed by atoms with Crippen LogP contribution < -0.4 is 5.73 Å². The van der Waals surface area contributed by atoms with Crippen LogP contribution in [0.3, 0.4) is 0 Å². The number of thioether (sulfide) groups is 1. The van der Waals surface area contributed by atoms with E-state index < -0.39 is 0 Å². The monoisotopic (exact) mass is 200 g/mol. The van der Waals surface area contributed by atoms with Gasteiger partial charge in [-0.3, -0.25) is 0 Å². The summed E-state index contributed by atoms with van der Waals surface area (Å²) in [5, 5.41) is 9.54. The van der Waals surface area contributed by atoms with Crippen LogP contribution in [0.15, 0.2) is 5.16 Å². The summed E-state index contributed by atoms with van der Waals surface area (Å²) in [7, 11) is 1.98. The second-order valence-electron chi connectivity index (χ2n) is 3.09. The van der Waals surface area contributed by atoms with Gasteiger partial charge in [-0.05, 0) is 19.9 Å². The molecule has 0 radical (unpaired) electrons. The van der Waals surface area contributed by atoms with E-state index in [1.165, 1.54) is 0 Å². The SMILES string of the molecule is Cc1nnc(SC(C)CCN)n1C. The highest BCUT2D eigenvalue weighted by atomic mass is 32.2. The molecule has 2 N–H and O–H groups in total. The summed E-state index contributed by atoms with van der Waals surface area (Å²) in [6, 6.07) is 0. The Kier molecular flexibility index (Phi) is 3.74. The maximum absolute atomic E-state index is 5.47. The fourth-order valence-electron chi connectivity index (χ4n) is 0.964. The first-order valence-corrected chi connectivity index (χ1v) is 5.25. The fourth-order valence-corrected chi connectivity index (χ4v) is 1.96. The lowest BCUT2D eigenvalue weighted by Gasteiger charge is -2.08. The third kappa shape index (κ3) is 2.70. The highest BCUT2D eigenvalue weighted by molar-refractivity contribution is 7.99. The molecule has 1 rings (SSSR count). The van der Waals surface area contributed by atoms with Crippen LogP contribution in [0.4, 0.5) is 0 Å². The first-order valence-electron chi connectivity index (χ1n) is 4.38. The summed E-state index contributed by atoms with van der Waals surface area (Å²) in [6.07, 6.45) is 1.01. The highest BCUT2D eigenvalue weighted by Crippen LogP contribution is 2.22. The van der Waals surface area contributed by atoms with Gasteiger partial charge < -0.3 is 10.3 Å². The van der Waals surface area contributed by atoms with Crippen LogP contribution in [0.5, 0.6) is 0 Å². The zero-order valence-electron chi connectivity index (χ0n) is 8.32. The molecule has 0 spiro atoms. The van der Waals surface area contributed by atoms with Gasteiger partial charge in [0.05, 0.1) is 0 Å². The summed E-state index contributed by atoms with van der Waals surface area (Å²) >= 11 is 1.72. The summed E-state index contributed by atoms with van der Waals surface area (Å²) in [5.41, 5.74) is 5.47. The van der Waals surface area contributed by atoms with Gasteiger partial charge in [0.15, 0.2) is 5.16 Å². The van der Waals surface area contributed by atoms with Gasteiger partial charge in [-0.2, -0.15) is 0 Å². The molecular formula is C8H16N4S. The van der Waals surface area contributed by atoms with Crippen molar-refractivity contribution in [2.24, 2.45) is 12.8 Å². The van der Waals surface area contributed by atoms with Gasteiger partial charge in [-0.1, -0.05) is 18.7 Å². The molecule has 1 heterocycles. The van der Waals surface area contributed by atoms with E-state index in [2.05, 4.69) is 17.1 Å². The predicted octanol–water partition coefficient (Wildman–Crippen LogP) is 0.953. The molecule has 74 valence electrons. The first-order chi connectivity index (χ1) is 6.15. The van der Waals surface area contributed by atoms with Gasteiger partial charge >= 0.3 is 0 Å². The van der Waals surface area contributed by atoms with Crippen molar-refractivity contribution in [3.8, 4) is 0 Å². The van der Waals surface area contributed by atoms with Gasteiger partial charge in [0.2, 0.25) is 0 Å². The Labute approximate surface area is 82.9 Å². The van der Waals surface area contributed by atoms with Gasteiger partial charge in [0, 0.05) is 12.3 Å².